The van der Waals surface area contributed by atoms with Gasteiger partial charge in [0.15, 0.2) is 18.9 Å². The Labute approximate surface area is 185 Å². The first-order chi connectivity index (χ1) is 14.2. The number of nitriles is 1. The van der Waals surface area contributed by atoms with Gasteiger partial charge in [0.2, 0.25) is 0 Å². The molecule has 6 heteroatoms. The summed E-state index contributed by atoms with van der Waals surface area (Å²) < 4.78 is 2.00. The lowest BCUT2D eigenvalue weighted by molar-refractivity contribution is -0.688. The highest BCUT2D eigenvalue weighted by Crippen LogP contribution is 2.17. The summed E-state index contributed by atoms with van der Waals surface area (Å²) in [7, 11) is 0. The first kappa shape index (κ1) is 21.3. The van der Waals surface area contributed by atoms with Crippen LogP contribution in [0.25, 0.3) is 10.9 Å². The van der Waals surface area contributed by atoms with Crippen molar-refractivity contribution in [1.82, 2.24) is 10.3 Å². The van der Waals surface area contributed by atoms with Gasteiger partial charge in [0, 0.05) is 41.3 Å². The molecule has 0 bridgehead atoms. The lowest BCUT2D eigenvalue weighted by Gasteiger charge is -2.05. The molecule has 2 heterocycles. The minimum Gasteiger partial charge on any atom is -1.00 e. The van der Waals surface area contributed by atoms with Gasteiger partial charge >= 0.3 is 0 Å². The van der Waals surface area contributed by atoms with Crippen molar-refractivity contribution in [2.24, 2.45) is 0 Å². The van der Waals surface area contributed by atoms with Crippen LogP contribution >= 0.6 is 0 Å². The molecule has 2 N–H and O–H groups in total. The quantitative estimate of drug-likeness (QED) is 0.407. The number of nitrogens with zero attached hydrogens (tertiary/aromatic N) is 2. The molecule has 0 saturated heterocycles. The molecule has 0 atom stereocenters. The smallest absolute Gasteiger partial charge is 0.251 e. The molecule has 2 aromatic carbocycles. The standard InChI is InChI=1S/C24H20N4O.BrH/c25-15-18-5-7-19(8-6-18)17-28-13-10-20(11-14-28)24(29)26-12-9-21-16-27-23-4-2-1-3-22(21)23;/h1-8,10-11,13-14,16,27H,9,12,17H2;1H. The maximum atomic E-state index is 12.4. The molecular weight excluding hydrogens is 440 g/mol. The van der Waals surface area contributed by atoms with E-state index in [0.29, 0.717) is 24.2 Å². The number of aromatic amines is 1. The Morgan fingerprint density at radius 1 is 1.03 bits per heavy atom. The zero-order valence-electron chi connectivity index (χ0n) is 16.3. The zero-order chi connectivity index (χ0) is 20.1. The van der Waals surface area contributed by atoms with E-state index in [4.69, 9.17) is 5.26 Å². The van der Waals surface area contributed by atoms with Crippen molar-refractivity contribution in [2.45, 2.75) is 13.0 Å². The lowest BCUT2D eigenvalue weighted by atomic mass is 10.1. The Kier molecular flexibility index (Phi) is 6.99. The van der Waals surface area contributed by atoms with Crippen LogP contribution in [0.5, 0.6) is 0 Å². The fourth-order valence-corrected chi connectivity index (χ4v) is 3.36. The number of aromatic nitrogens is 2. The van der Waals surface area contributed by atoms with Crippen LogP contribution in [0.4, 0.5) is 0 Å². The molecule has 0 aliphatic rings. The molecule has 150 valence electrons. The summed E-state index contributed by atoms with van der Waals surface area (Å²) in [4.78, 5) is 15.7. The van der Waals surface area contributed by atoms with Gasteiger partial charge in [-0.25, -0.2) is 4.57 Å². The molecule has 4 rings (SSSR count). The number of para-hydroxylation sites is 1. The molecule has 0 saturated carbocycles. The Bertz CT molecular complexity index is 1170. The molecular formula is C24H21BrN4O. The van der Waals surface area contributed by atoms with E-state index < -0.39 is 0 Å². The number of H-pyrrole nitrogens is 1. The van der Waals surface area contributed by atoms with Gasteiger partial charge in [-0.2, -0.15) is 5.26 Å². The van der Waals surface area contributed by atoms with Crippen molar-refractivity contribution >= 4 is 16.8 Å². The van der Waals surface area contributed by atoms with Crippen molar-refractivity contribution in [2.75, 3.05) is 6.54 Å². The highest BCUT2D eigenvalue weighted by molar-refractivity contribution is 5.93. The maximum Gasteiger partial charge on any atom is 0.251 e. The third-order valence-electron chi connectivity index (χ3n) is 4.96. The van der Waals surface area contributed by atoms with Crippen molar-refractivity contribution in [1.29, 1.82) is 5.26 Å². The highest BCUT2D eigenvalue weighted by Gasteiger charge is 2.09. The number of amides is 1. The van der Waals surface area contributed by atoms with E-state index in [-0.39, 0.29) is 22.9 Å². The van der Waals surface area contributed by atoms with E-state index in [0.717, 1.165) is 17.5 Å². The molecule has 4 aromatic rings. The minimum atomic E-state index is -0.0737. The summed E-state index contributed by atoms with van der Waals surface area (Å²) in [6.07, 6.45) is 6.58. The van der Waals surface area contributed by atoms with E-state index in [1.807, 2.05) is 71.7 Å². The summed E-state index contributed by atoms with van der Waals surface area (Å²) in [5, 5.41) is 13.1. The van der Waals surface area contributed by atoms with Gasteiger partial charge in [0.05, 0.1) is 17.2 Å². The second kappa shape index (κ2) is 9.86. The number of nitrogens with one attached hydrogen (secondary N) is 2. The van der Waals surface area contributed by atoms with Crippen LogP contribution in [-0.4, -0.2) is 17.4 Å². The number of benzene rings is 2. The van der Waals surface area contributed by atoms with Gasteiger partial charge in [-0.3, -0.25) is 4.79 Å². The summed E-state index contributed by atoms with van der Waals surface area (Å²) >= 11 is 0. The average molecular weight is 461 g/mol. The molecule has 2 aromatic heterocycles. The van der Waals surface area contributed by atoms with E-state index in [1.54, 1.807) is 0 Å². The molecule has 0 aliphatic carbocycles. The number of carbonyl (C=O) groups is 1. The first-order valence-corrected chi connectivity index (χ1v) is 9.54. The Hall–Kier alpha value is -3.43. The molecule has 1 amide bonds. The Morgan fingerprint density at radius 3 is 2.50 bits per heavy atom. The van der Waals surface area contributed by atoms with Crippen LogP contribution in [-0.2, 0) is 13.0 Å². The van der Waals surface area contributed by atoms with Gasteiger partial charge in [0.25, 0.3) is 5.91 Å². The molecule has 0 radical (unpaired) electrons. The summed E-state index contributed by atoms with van der Waals surface area (Å²) in [6, 6.07) is 21.4. The fraction of sp³-hybridized carbons (Fsp3) is 0.125. The second-order valence-corrected chi connectivity index (χ2v) is 6.93. The van der Waals surface area contributed by atoms with Crippen molar-refractivity contribution in [3.63, 3.8) is 0 Å². The molecule has 30 heavy (non-hydrogen) atoms. The highest BCUT2D eigenvalue weighted by atomic mass is 79.9. The topological polar surface area (TPSA) is 72.6 Å². The van der Waals surface area contributed by atoms with Crippen molar-refractivity contribution in [3.8, 4) is 6.07 Å². The van der Waals surface area contributed by atoms with Crippen LogP contribution < -0.4 is 26.9 Å². The van der Waals surface area contributed by atoms with Crippen LogP contribution in [0.2, 0.25) is 0 Å². The predicted octanol–water partition coefficient (Wildman–Crippen LogP) is 0.352. The number of fused-ring (bicyclic) bond motifs is 1. The number of halogens is 1. The summed E-state index contributed by atoms with van der Waals surface area (Å²) in [5.74, 6) is -0.0737. The normalized spacial score (nSPS) is 10.2. The van der Waals surface area contributed by atoms with Crippen LogP contribution in [0.3, 0.4) is 0 Å². The van der Waals surface area contributed by atoms with Gasteiger partial charge in [-0.1, -0.05) is 30.3 Å². The van der Waals surface area contributed by atoms with Gasteiger partial charge < -0.3 is 27.3 Å². The number of pyridine rings is 1. The molecule has 0 fully saturated rings. The fourth-order valence-electron chi connectivity index (χ4n) is 3.36. The average Bonchev–Trinajstić information content (AvgIpc) is 3.18. The molecule has 0 spiro atoms. The van der Waals surface area contributed by atoms with E-state index >= 15 is 0 Å². The summed E-state index contributed by atoms with van der Waals surface area (Å²) in [6.45, 7) is 1.27. The summed E-state index contributed by atoms with van der Waals surface area (Å²) in [5.41, 5.74) is 4.71. The molecule has 5 nitrogen and oxygen atoms in total. The monoisotopic (exact) mass is 460 g/mol. The zero-order valence-corrected chi connectivity index (χ0v) is 17.9. The lowest BCUT2D eigenvalue weighted by Crippen LogP contribution is -3.00. The third-order valence-corrected chi connectivity index (χ3v) is 4.96. The van der Waals surface area contributed by atoms with Crippen molar-refractivity contribution in [3.05, 3.63) is 102 Å². The number of hydrogen-bond acceptors (Lipinski definition) is 2. The number of carbonyl (C=O) groups excluding carboxylic acids is 1. The van der Waals surface area contributed by atoms with Gasteiger partial charge in [-0.05, 0) is 30.2 Å². The van der Waals surface area contributed by atoms with Crippen LogP contribution in [0.15, 0.2) is 79.3 Å². The number of rotatable bonds is 6. The van der Waals surface area contributed by atoms with E-state index in [9.17, 15) is 4.79 Å². The van der Waals surface area contributed by atoms with E-state index in [2.05, 4.69) is 28.5 Å². The third kappa shape index (κ3) is 4.94. The van der Waals surface area contributed by atoms with Gasteiger partial charge in [-0.15, -0.1) is 0 Å². The largest absolute Gasteiger partial charge is 1.00 e. The maximum absolute atomic E-state index is 12.4. The first-order valence-electron chi connectivity index (χ1n) is 9.54. The van der Waals surface area contributed by atoms with Crippen LogP contribution in [0, 0.1) is 11.3 Å². The SMILES string of the molecule is N#Cc1ccc(C[n+]2ccc(C(=O)NCCc3c[nH]c4ccccc34)cc2)cc1.[Br-]. The molecule has 0 unspecified atom stereocenters. The predicted molar refractivity (Wildman–Crippen MR) is 111 cm³/mol. The number of hydrogen-bond donors (Lipinski definition) is 2. The Balaban J connectivity index is 0.00000256. The van der Waals surface area contributed by atoms with Crippen molar-refractivity contribution < 1.29 is 26.3 Å². The second-order valence-electron chi connectivity index (χ2n) is 6.93. The molecule has 0 aliphatic heterocycles. The van der Waals surface area contributed by atoms with E-state index in [1.165, 1.54) is 10.9 Å². The van der Waals surface area contributed by atoms with Gasteiger partial charge in [0.1, 0.15) is 0 Å². The Morgan fingerprint density at radius 2 is 1.77 bits per heavy atom. The minimum absolute atomic E-state index is 0. The van der Waals surface area contributed by atoms with Crippen LogP contribution in [0.1, 0.15) is 27.0 Å².